The van der Waals surface area contributed by atoms with Gasteiger partial charge in [-0.05, 0) is 24.6 Å². The van der Waals surface area contributed by atoms with Gasteiger partial charge in [0.05, 0.1) is 0 Å². The van der Waals surface area contributed by atoms with E-state index < -0.39 is 11.9 Å². The van der Waals surface area contributed by atoms with Crippen LogP contribution in [0.25, 0.3) is 0 Å². The number of halogens is 4. The molecule has 0 atom stereocenters. The Morgan fingerprint density at radius 3 is 2.48 bits per heavy atom. The molecule has 112 valence electrons. The van der Waals surface area contributed by atoms with Crippen LogP contribution in [0.15, 0.2) is 28.7 Å². The highest BCUT2D eigenvalue weighted by molar-refractivity contribution is 9.10. The molecule has 0 bridgehead atoms. The van der Waals surface area contributed by atoms with Crippen LogP contribution in [0.5, 0.6) is 0 Å². The SMILES string of the molecule is CNc1nc(Nc2cc(Br)ccc2C)cc(C(F)(F)F)n1. The van der Waals surface area contributed by atoms with Crippen LogP contribution in [-0.4, -0.2) is 17.0 Å². The van der Waals surface area contributed by atoms with E-state index in [0.717, 1.165) is 16.1 Å². The van der Waals surface area contributed by atoms with Gasteiger partial charge in [0.2, 0.25) is 5.95 Å². The zero-order valence-corrected chi connectivity index (χ0v) is 12.8. The highest BCUT2D eigenvalue weighted by Crippen LogP contribution is 2.31. The van der Waals surface area contributed by atoms with Gasteiger partial charge >= 0.3 is 6.18 Å². The van der Waals surface area contributed by atoms with Gasteiger partial charge in [-0.15, -0.1) is 0 Å². The highest BCUT2D eigenvalue weighted by Gasteiger charge is 2.33. The lowest BCUT2D eigenvalue weighted by molar-refractivity contribution is -0.141. The van der Waals surface area contributed by atoms with Crippen LogP contribution >= 0.6 is 15.9 Å². The first-order chi connectivity index (χ1) is 9.79. The molecular formula is C13H12BrF3N4. The lowest BCUT2D eigenvalue weighted by Gasteiger charge is -2.13. The molecule has 0 radical (unpaired) electrons. The van der Waals surface area contributed by atoms with Crippen LogP contribution in [0.2, 0.25) is 0 Å². The molecule has 4 nitrogen and oxygen atoms in total. The number of nitrogens with zero attached hydrogens (tertiary/aromatic N) is 2. The monoisotopic (exact) mass is 360 g/mol. The first-order valence-corrected chi connectivity index (χ1v) is 6.76. The van der Waals surface area contributed by atoms with Crippen LogP contribution in [0, 0.1) is 6.92 Å². The number of benzene rings is 1. The number of alkyl halides is 3. The van der Waals surface area contributed by atoms with Crippen molar-refractivity contribution in [3.8, 4) is 0 Å². The molecule has 0 aliphatic heterocycles. The number of nitrogens with one attached hydrogen (secondary N) is 2. The maximum atomic E-state index is 12.8. The highest BCUT2D eigenvalue weighted by atomic mass is 79.9. The summed E-state index contributed by atoms with van der Waals surface area (Å²) in [5.41, 5.74) is 0.548. The van der Waals surface area contributed by atoms with E-state index in [1.54, 1.807) is 6.07 Å². The Balaban J connectivity index is 2.42. The van der Waals surface area contributed by atoms with E-state index in [1.165, 1.54) is 7.05 Å². The average molecular weight is 361 g/mol. The van der Waals surface area contributed by atoms with E-state index in [-0.39, 0.29) is 11.8 Å². The Morgan fingerprint density at radius 2 is 1.86 bits per heavy atom. The van der Waals surface area contributed by atoms with E-state index in [4.69, 9.17) is 0 Å². The number of hydrogen-bond acceptors (Lipinski definition) is 4. The third kappa shape index (κ3) is 3.84. The van der Waals surface area contributed by atoms with Crippen molar-refractivity contribution in [2.75, 3.05) is 17.7 Å². The number of aryl methyl sites for hydroxylation is 1. The predicted octanol–water partition coefficient (Wildman–Crippen LogP) is 4.35. The van der Waals surface area contributed by atoms with Crippen LogP contribution in [0.4, 0.5) is 30.6 Å². The van der Waals surface area contributed by atoms with Crippen molar-refractivity contribution in [1.29, 1.82) is 0 Å². The second kappa shape index (κ2) is 5.88. The van der Waals surface area contributed by atoms with Gasteiger partial charge < -0.3 is 10.6 Å². The molecule has 2 aromatic rings. The molecule has 2 rings (SSSR count). The van der Waals surface area contributed by atoms with Crippen molar-refractivity contribution in [2.24, 2.45) is 0 Å². The van der Waals surface area contributed by atoms with Gasteiger partial charge in [0.1, 0.15) is 5.82 Å². The topological polar surface area (TPSA) is 49.8 Å². The molecule has 0 aliphatic carbocycles. The molecule has 0 aliphatic rings. The van der Waals surface area contributed by atoms with Crippen molar-refractivity contribution < 1.29 is 13.2 Å². The first-order valence-electron chi connectivity index (χ1n) is 5.97. The van der Waals surface area contributed by atoms with Crippen molar-refractivity contribution in [1.82, 2.24) is 9.97 Å². The van der Waals surface area contributed by atoms with E-state index in [9.17, 15) is 13.2 Å². The molecule has 1 aromatic heterocycles. The summed E-state index contributed by atoms with van der Waals surface area (Å²) in [5, 5.41) is 5.40. The summed E-state index contributed by atoms with van der Waals surface area (Å²) in [6.07, 6.45) is -4.53. The normalized spacial score (nSPS) is 11.3. The minimum Gasteiger partial charge on any atom is -0.357 e. The minimum absolute atomic E-state index is 0.0721. The van der Waals surface area contributed by atoms with E-state index >= 15 is 0 Å². The van der Waals surface area contributed by atoms with Crippen LogP contribution in [-0.2, 0) is 6.18 Å². The van der Waals surface area contributed by atoms with Crippen LogP contribution in [0.3, 0.4) is 0 Å². The molecule has 21 heavy (non-hydrogen) atoms. The van der Waals surface area contributed by atoms with Crippen molar-refractivity contribution in [2.45, 2.75) is 13.1 Å². The maximum absolute atomic E-state index is 12.8. The van der Waals surface area contributed by atoms with Crippen molar-refractivity contribution in [3.05, 3.63) is 40.0 Å². The molecule has 0 amide bonds. The number of hydrogen-bond donors (Lipinski definition) is 2. The average Bonchev–Trinajstić information content (AvgIpc) is 2.41. The van der Waals surface area contributed by atoms with E-state index in [2.05, 4.69) is 36.5 Å². The predicted molar refractivity (Wildman–Crippen MR) is 78.7 cm³/mol. The number of anilines is 3. The fraction of sp³-hybridized carbons (Fsp3) is 0.231. The standard InChI is InChI=1S/C13H12BrF3N4/c1-7-3-4-8(14)5-9(7)19-11-6-10(13(15,16)17)20-12(18-2)21-11/h3-6H,1-2H3,(H2,18,19,20,21). The summed E-state index contributed by atoms with van der Waals surface area (Å²) < 4.78 is 39.3. The summed E-state index contributed by atoms with van der Waals surface area (Å²) in [7, 11) is 1.46. The maximum Gasteiger partial charge on any atom is 0.433 e. The van der Waals surface area contributed by atoms with E-state index in [1.807, 2.05) is 19.1 Å². The molecule has 0 saturated heterocycles. The van der Waals surface area contributed by atoms with Crippen LogP contribution in [0.1, 0.15) is 11.3 Å². The van der Waals surface area contributed by atoms with Gasteiger partial charge in [0, 0.05) is 23.3 Å². The molecule has 2 N–H and O–H groups in total. The van der Waals surface area contributed by atoms with Crippen LogP contribution < -0.4 is 10.6 Å². The summed E-state index contributed by atoms with van der Waals surface area (Å²) in [5.74, 6) is -0.0251. The smallest absolute Gasteiger partial charge is 0.357 e. The Hall–Kier alpha value is -1.83. The molecule has 1 aromatic carbocycles. The molecule has 1 heterocycles. The van der Waals surface area contributed by atoms with Crippen molar-refractivity contribution >= 4 is 33.4 Å². The molecule has 0 fully saturated rings. The van der Waals surface area contributed by atoms with Gasteiger partial charge in [-0.2, -0.15) is 18.2 Å². The lowest BCUT2D eigenvalue weighted by Crippen LogP contribution is -2.12. The van der Waals surface area contributed by atoms with Gasteiger partial charge in [0.25, 0.3) is 0 Å². The van der Waals surface area contributed by atoms with Gasteiger partial charge in [-0.25, -0.2) is 4.98 Å². The van der Waals surface area contributed by atoms with E-state index in [0.29, 0.717) is 5.69 Å². The molecule has 0 spiro atoms. The Morgan fingerprint density at radius 1 is 1.14 bits per heavy atom. The zero-order chi connectivity index (χ0) is 15.6. The Bertz CT molecular complexity index is 658. The Labute approximate surface area is 127 Å². The van der Waals surface area contributed by atoms with Crippen molar-refractivity contribution in [3.63, 3.8) is 0 Å². The quantitative estimate of drug-likeness (QED) is 0.854. The summed E-state index contributed by atoms with van der Waals surface area (Å²) >= 11 is 3.32. The number of aromatic nitrogens is 2. The van der Waals surface area contributed by atoms with Gasteiger partial charge in [-0.1, -0.05) is 22.0 Å². The second-order valence-corrected chi connectivity index (χ2v) is 5.21. The van der Waals surface area contributed by atoms with Gasteiger partial charge in [-0.3, -0.25) is 0 Å². The lowest BCUT2D eigenvalue weighted by atomic mass is 10.2. The first kappa shape index (κ1) is 15.6. The fourth-order valence-corrected chi connectivity index (χ4v) is 2.00. The molecular weight excluding hydrogens is 349 g/mol. The third-order valence-electron chi connectivity index (χ3n) is 2.70. The minimum atomic E-state index is -4.53. The summed E-state index contributed by atoms with van der Waals surface area (Å²) in [4.78, 5) is 7.39. The Kier molecular flexibility index (Phi) is 4.36. The largest absolute Gasteiger partial charge is 0.433 e. The molecule has 0 saturated carbocycles. The third-order valence-corrected chi connectivity index (χ3v) is 3.20. The van der Waals surface area contributed by atoms with Gasteiger partial charge in [0.15, 0.2) is 5.69 Å². The molecule has 0 unspecified atom stereocenters. The molecule has 8 heteroatoms. The summed E-state index contributed by atoms with van der Waals surface area (Å²) in [6, 6.07) is 6.34. The number of rotatable bonds is 3. The summed E-state index contributed by atoms with van der Waals surface area (Å²) in [6.45, 7) is 1.85. The fourth-order valence-electron chi connectivity index (χ4n) is 1.64. The zero-order valence-electron chi connectivity index (χ0n) is 11.2. The second-order valence-electron chi connectivity index (χ2n) is 4.29.